The van der Waals surface area contributed by atoms with E-state index in [2.05, 4.69) is 39.9 Å². The summed E-state index contributed by atoms with van der Waals surface area (Å²) < 4.78 is 7.57. The third-order valence-corrected chi connectivity index (χ3v) is 6.18. The van der Waals surface area contributed by atoms with Crippen molar-refractivity contribution in [3.63, 3.8) is 0 Å². The van der Waals surface area contributed by atoms with Gasteiger partial charge in [-0.25, -0.2) is 5.48 Å². The maximum Gasteiger partial charge on any atom is 0.267 e. The number of aliphatic hydroxyl groups excluding tert-OH is 1. The van der Waals surface area contributed by atoms with Crippen molar-refractivity contribution in [3.8, 4) is 5.75 Å². The number of nitrogens with zero attached hydrogens (tertiary/aromatic N) is 2. The number of carbonyl (C=O) groups is 1. The van der Waals surface area contributed by atoms with Gasteiger partial charge in [-0.15, -0.1) is 0 Å². The van der Waals surface area contributed by atoms with E-state index in [4.69, 9.17) is 9.94 Å². The van der Waals surface area contributed by atoms with Crippen molar-refractivity contribution in [2.75, 3.05) is 26.8 Å². The molecule has 4 rings (SSSR count). The fraction of sp³-hybridized carbons (Fsp3) is 0.320. The van der Waals surface area contributed by atoms with Crippen LogP contribution in [0.25, 0.3) is 17.0 Å². The molecular weight excluding hydrogens is 406 g/mol. The number of aromatic nitrogens is 1. The number of rotatable bonds is 9. The van der Waals surface area contributed by atoms with Crippen LogP contribution in [0.5, 0.6) is 5.75 Å². The minimum Gasteiger partial charge on any atom is -0.497 e. The van der Waals surface area contributed by atoms with E-state index >= 15 is 0 Å². The highest BCUT2D eigenvalue weighted by Crippen LogP contribution is 2.36. The third kappa shape index (κ3) is 4.70. The normalized spacial score (nSPS) is 15.6. The van der Waals surface area contributed by atoms with Crippen LogP contribution in [0.2, 0.25) is 0 Å². The fourth-order valence-corrected chi connectivity index (χ4v) is 4.60. The average Bonchev–Trinajstić information content (AvgIpc) is 3.43. The lowest BCUT2D eigenvalue weighted by Crippen LogP contribution is -2.33. The molecule has 1 aromatic heterocycles. The van der Waals surface area contributed by atoms with Crippen molar-refractivity contribution in [1.29, 1.82) is 0 Å². The molecule has 0 fully saturated rings. The van der Waals surface area contributed by atoms with E-state index in [-0.39, 0.29) is 12.6 Å². The molecule has 1 aliphatic rings. The van der Waals surface area contributed by atoms with E-state index in [0.717, 1.165) is 42.6 Å². The van der Waals surface area contributed by atoms with Crippen LogP contribution in [0.3, 0.4) is 0 Å². The summed E-state index contributed by atoms with van der Waals surface area (Å²) >= 11 is 0. The Bertz CT molecular complexity index is 1120. The Morgan fingerprint density at radius 2 is 2.12 bits per heavy atom. The molecule has 2 aromatic carbocycles. The number of ether oxygens (including phenoxy) is 1. The molecule has 3 N–H and O–H groups in total. The number of hydrogen-bond acceptors (Lipinski definition) is 5. The van der Waals surface area contributed by atoms with Crippen LogP contribution < -0.4 is 10.2 Å². The molecule has 0 aliphatic heterocycles. The molecule has 1 aliphatic carbocycles. The van der Waals surface area contributed by atoms with Gasteiger partial charge in [0.2, 0.25) is 0 Å². The number of aryl methyl sites for hydroxylation is 1. The van der Waals surface area contributed by atoms with Crippen LogP contribution in [0.1, 0.15) is 29.2 Å². The number of carbonyl (C=O) groups excluding carboxylic acids is 1. The van der Waals surface area contributed by atoms with Gasteiger partial charge in [0, 0.05) is 48.9 Å². The largest absolute Gasteiger partial charge is 0.497 e. The van der Waals surface area contributed by atoms with E-state index in [0.29, 0.717) is 6.54 Å². The summed E-state index contributed by atoms with van der Waals surface area (Å²) in [7, 11) is 1.68. The van der Waals surface area contributed by atoms with Crippen molar-refractivity contribution >= 4 is 22.9 Å². The van der Waals surface area contributed by atoms with Crippen LogP contribution in [-0.4, -0.2) is 52.5 Å². The molecule has 1 amide bonds. The zero-order valence-corrected chi connectivity index (χ0v) is 18.2. The maximum atomic E-state index is 11.2. The predicted octanol–water partition coefficient (Wildman–Crippen LogP) is 3.15. The summed E-state index contributed by atoms with van der Waals surface area (Å²) in [6, 6.07) is 14.7. The van der Waals surface area contributed by atoms with Crippen molar-refractivity contribution in [2.24, 2.45) is 0 Å². The number of aliphatic hydroxyl groups is 1. The topological polar surface area (TPSA) is 87.0 Å². The summed E-state index contributed by atoms with van der Waals surface area (Å²) in [5, 5.41) is 19.5. The Morgan fingerprint density at radius 3 is 2.91 bits per heavy atom. The van der Waals surface area contributed by atoms with E-state index in [1.807, 2.05) is 18.2 Å². The standard InChI is InChI=1S/C25H29N3O4/c1-32-21-5-8-23-20(17-21)10-11-27(23)12-13-28(14-15-29)24-7-4-19-16-18(2-6-22(19)24)3-9-25(30)26-31/h2-3,5-6,8-11,16-17,24,29,31H,4,7,12-15H2,1H3,(H,26,30)/b9-3+. The summed E-state index contributed by atoms with van der Waals surface area (Å²) in [4.78, 5) is 13.6. The van der Waals surface area contributed by atoms with E-state index in [9.17, 15) is 9.90 Å². The number of fused-ring (bicyclic) bond motifs is 2. The molecule has 7 heteroatoms. The lowest BCUT2D eigenvalue weighted by Gasteiger charge is -2.29. The van der Waals surface area contributed by atoms with Crippen molar-refractivity contribution in [1.82, 2.24) is 14.9 Å². The third-order valence-electron chi connectivity index (χ3n) is 6.18. The Morgan fingerprint density at radius 1 is 1.25 bits per heavy atom. The molecule has 1 heterocycles. The van der Waals surface area contributed by atoms with E-state index in [1.54, 1.807) is 18.7 Å². The molecule has 0 saturated heterocycles. The number of hydroxylamine groups is 1. The lowest BCUT2D eigenvalue weighted by molar-refractivity contribution is -0.124. The monoisotopic (exact) mass is 435 g/mol. The van der Waals surface area contributed by atoms with Gasteiger partial charge in [-0.3, -0.25) is 14.9 Å². The van der Waals surface area contributed by atoms with Crippen LogP contribution in [-0.2, 0) is 17.8 Å². The highest BCUT2D eigenvalue weighted by Gasteiger charge is 2.27. The van der Waals surface area contributed by atoms with Crippen LogP contribution in [0.15, 0.2) is 54.7 Å². The maximum absolute atomic E-state index is 11.2. The van der Waals surface area contributed by atoms with Gasteiger partial charge in [0.05, 0.1) is 13.7 Å². The first-order chi connectivity index (χ1) is 15.6. The zero-order chi connectivity index (χ0) is 22.5. The second-order valence-electron chi connectivity index (χ2n) is 8.02. The molecule has 0 radical (unpaired) electrons. The number of nitrogens with one attached hydrogen (secondary N) is 1. The summed E-state index contributed by atoms with van der Waals surface area (Å²) in [6.07, 6.45) is 7.07. The molecule has 0 spiro atoms. The minimum absolute atomic E-state index is 0.118. The molecule has 32 heavy (non-hydrogen) atoms. The SMILES string of the molecule is COc1ccc2c(ccn2CCN(CCO)C2CCc3cc(/C=C/C(=O)NO)ccc32)c1. The number of hydrogen-bond donors (Lipinski definition) is 3. The smallest absolute Gasteiger partial charge is 0.267 e. The van der Waals surface area contributed by atoms with Gasteiger partial charge in [0.15, 0.2) is 0 Å². The molecule has 0 bridgehead atoms. The van der Waals surface area contributed by atoms with Gasteiger partial charge in [-0.1, -0.05) is 18.2 Å². The van der Waals surface area contributed by atoms with Gasteiger partial charge in [-0.2, -0.15) is 0 Å². The lowest BCUT2D eigenvalue weighted by atomic mass is 10.0. The molecule has 3 aromatic rings. The van der Waals surface area contributed by atoms with Crippen molar-refractivity contribution < 1.29 is 19.8 Å². The van der Waals surface area contributed by atoms with Crippen LogP contribution in [0, 0.1) is 0 Å². The van der Waals surface area contributed by atoms with Crippen LogP contribution >= 0.6 is 0 Å². The summed E-state index contributed by atoms with van der Waals surface area (Å²) in [5.74, 6) is 0.305. The van der Waals surface area contributed by atoms with Gasteiger partial charge in [0.25, 0.3) is 5.91 Å². The highest BCUT2D eigenvalue weighted by atomic mass is 16.5. The molecule has 1 unspecified atom stereocenters. The second-order valence-corrected chi connectivity index (χ2v) is 8.02. The highest BCUT2D eigenvalue weighted by molar-refractivity contribution is 5.90. The first-order valence-corrected chi connectivity index (χ1v) is 10.9. The second kappa shape index (κ2) is 9.99. The minimum atomic E-state index is -0.548. The molecule has 7 nitrogen and oxygen atoms in total. The Hall–Kier alpha value is -3.13. The molecule has 0 saturated carbocycles. The first-order valence-electron chi connectivity index (χ1n) is 10.9. The van der Waals surface area contributed by atoms with Crippen molar-refractivity contribution in [3.05, 3.63) is 71.4 Å². The molecule has 1 atom stereocenters. The average molecular weight is 436 g/mol. The zero-order valence-electron chi connectivity index (χ0n) is 18.2. The molecular formula is C25H29N3O4. The molecule has 168 valence electrons. The quantitative estimate of drug-likeness (QED) is 0.273. The van der Waals surface area contributed by atoms with E-state index in [1.165, 1.54) is 22.7 Å². The first kappa shape index (κ1) is 22.1. The van der Waals surface area contributed by atoms with Crippen LogP contribution in [0.4, 0.5) is 0 Å². The van der Waals surface area contributed by atoms with Gasteiger partial charge >= 0.3 is 0 Å². The Kier molecular flexibility index (Phi) is 6.90. The van der Waals surface area contributed by atoms with Gasteiger partial charge in [-0.05, 0) is 59.9 Å². The van der Waals surface area contributed by atoms with Crippen molar-refractivity contribution in [2.45, 2.75) is 25.4 Å². The van der Waals surface area contributed by atoms with Gasteiger partial charge < -0.3 is 14.4 Å². The number of methoxy groups -OCH3 is 1. The predicted molar refractivity (Wildman–Crippen MR) is 124 cm³/mol. The summed E-state index contributed by atoms with van der Waals surface area (Å²) in [5.41, 5.74) is 6.25. The van der Waals surface area contributed by atoms with Gasteiger partial charge in [0.1, 0.15) is 5.75 Å². The number of benzene rings is 2. The Balaban J connectivity index is 1.48. The number of amides is 1. The Labute approximate surface area is 187 Å². The summed E-state index contributed by atoms with van der Waals surface area (Å²) in [6.45, 7) is 2.40. The fourth-order valence-electron chi connectivity index (χ4n) is 4.60. The van der Waals surface area contributed by atoms with E-state index < -0.39 is 5.91 Å².